The summed E-state index contributed by atoms with van der Waals surface area (Å²) in [4.78, 5) is 41.5. The van der Waals surface area contributed by atoms with Gasteiger partial charge in [-0.1, -0.05) is 0 Å². The number of likely N-dealkylation sites (tertiary alicyclic amines) is 2. The van der Waals surface area contributed by atoms with Crippen molar-refractivity contribution in [1.29, 1.82) is 0 Å². The number of carboxylic acid groups (broad SMARTS) is 3. The van der Waals surface area contributed by atoms with E-state index in [2.05, 4.69) is 36.5 Å². The van der Waals surface area contributed by atoms with Crippen molar-refractivity contribution in [1.82, 2.24) is 24.3 Å². The van der Waals surface area contributed by atoms with Crippen LogP contribution in [0.5, 0.6) is 0 Å². The molecule has 0 bridgehead atoms. The Labute approximate surface area is 198 Å². The molecule has 2 saturated heterocycles. The first-order chi connectivity index (χ1) is 16.4. The third kappa shape index (κ3) is 7.63. The monoisotopic (exact) mass is 475 g/mol. The number of pyridine rings is 1. The number of aliphatic carboxylic acids is 1. The Morgan fingerprint density at radius 2 is 1.74 bits per heavy atom. The first-order valence-electron chi connectivity index (χ1n) is 11.0. The molecule has 0 aliphatic carbocycles. The molecule has 2 unspecified atom stereocenters. The number of rotatable bonds is 8. The summed E-state index contributed by atoms with van der Waals surface area (Å²) in [5, 5.41) is 23.0. The molecule has 4 heterocycles. The molecule has 3 N–H and O–H groups in total. The molecule has 2 aliphatic rings. The van der Waals surface area contributed by atoms with Gasteiger partial charge in [0.1, 0.15) is 5.82 Å². The third-order valence-corrected chi connectivity index (χ3v) is 6.47. The summed E-state index contributed by atoms with van der Waals surface area (Å²) in [6, 6.07) is 4.13. The predicted molar refractivity (Wildman–Crippen MR) is 123 cm³/mol. The molecule has 2 aliphatic heterocycles. The van der Waals surface area contributed by atoms with Gasteiger partial charge >= 0.3 is 5.97 Å². The zero-order valence-electron chi connectivity index (χ0n) is 19.4. The highest BCUT2D eigenvalue weighted by atomic mass is 16.4. The Morgan fingerprint density at radius 3 is 2.32 bits per heavy atom. The van der Waals surface area contributed by atoms with Crippen molar-refractivity contribution in [3.05, 3.63) is 48.3 Å². The minimum Gasteiger partial charge on any atom is -0.483 e. The standard InChI is InChI=1S/C21H29N5O2.2CH2O2/c1-24-11-9-23-19(24)5-10-25-13-18-14-26(12-17-3-7-22-8-4-17)16-21(18,15-25)6-2-20(27)28;2*2-1-3/h3-4,7-9,11,18H,2,5-6,10,12-16H2,1H3,(H,27,28);2*1H,(H,2,3). The van der Waals surface area contributed by atoms with Crippen LogP contribution in [0.15, 0.2) is 36.9 Å². The number of fused-ring (bicyclic) bond motifs is 1. The Morgan fingerprint density at radius 1 is 1.12 bits per heavy atom. The van der Waals surface area contributed by atoms with Crippen LogP contribution in [0.2, 0.25) is 0 Å². The molecule has 2 fully saturated rings. The van der Waals surface area contributed by atoms with Crippen LogP contribution in [-0.2, 0) is 34.4 Å². The number of imidazole rings is 1. The smallest absolute Gasteiger partial charge is 0.303 e. The van der Waals surface area contributed by atoms with Crippen molar-refractivity contribution in [2.45, 2.75) is 25.8 Å². The third-order valence-electron chi connectivity index (χ3n) is 6.47. The Hall–Kier alpha value is -3.31. The van der Waals surface area contributed by atoms with E-state index < -0.39 is 5.97 Å². The highest BCUT2D eigenvalue weighted by Crippen LogP contribution is 2.46. The van der Waals surface area contributed by atoms with Gasteiger partial charge in [-0.15, -0.1) is 0 Å². The van der Waals surface area contributed by atoms with Gasteiger partial charge in [0.2, 0.25) is 0 Å². The van der Waals surface area contributed by atoms with Gasteiger partial charge in [0.05, 0.1) is 0 Å². The van der Waals surface area contributed by atoms with Crippen LogP contribution in [0, 0.1) is 11.3 Å². The van der Waals surface area contributed by atoms with Crippen LogP contribution in [0.1, 0.15) is 24.2 Å². The molecule has 11 heteroatoms. The van der Waals surface area contributed by atoms with Crippen LogP contribution in [0.25, 0.3) is 0 Å². The van der Waals surface area contributed by atoms with Crippen LogP contribution in [-0.4, -0.2) is 91.3 Å². The molecule has 2 aromatic rings. The number of carbonyl (C=O) groups is 3. The molecule has 186 valence electrons. The lowest BCUT2D eigenvalue weighted by molar-refractivity contribution is -0.137. The van der Waals surface area contributed by atoms with E-state index in [1.165, 1.54) is 5.56 Å². The molecule has 0 amide bonds. The number of hydrogen-bond donors (Lipinski definition) is 3. The van der Waals surface area contributed by atoms with Gasteiger partial charge in [-0.25, -0.2) is 4.98 Å². The second-order valence-electron chi connectivity index (χ2n) is 8.63. The summed E-state index contributed by atoms with van der Waals surface area (Å²) >= 11 is 0. The van der Waals surface area contributed by atoms with Crippen LogP contribution in [0.3, 0.4) is 0 Å². The first-order valence-corrected chi connectivity index (χ1v) is 11.0. The largest absolute Gasteiger partial charge is 0.483 e. The Balaban J connectivity index is 0.000000618. The van der Waals surface area contributed by atoms with E-state index in [-0.39, 0.29) is 24.8 Å². The molecule has 0 saturated carbocycles. The van der Waals surface area contributed by atoms with Gasteiger partial charge < -0.3 is 24.8 Å². The van der Waals surface area contributed by atoms with Crippen LogP contribution >= 0.6 is 0 Å². The highest BCUT2D eigenvalue weighted by Gasteiger charge is 2.51. The van der Waals surface area contributed by atoms with Crippen molar-refractivity contribution >= 4 is 18.9 Å². The molecule has 2 atom stereocenters. The van der Waals surface area contributed by atoms with Crippen molar-refractivity contribution in [3.8, 4) is 0 Å². The summed E-state index contributed by atoms with van der Waals surface area (Å²) in [5.41, 5.74) is 1.36. The predicted octanol–water partition coefficient (Wildman–Crippen LogP) is 1.06. The highest BCUT2D eigenvalue weighted by molar-refractivity contribution is 5.66. The number of nitrogens with zero attached hydrogens (tertiary/aromatic N) is 5. The van der Waals surface area contributed by atoms with Crippen molar-refractivity contribution in [2.24, 2.45) is 18.4 Å². The second-order valence-corrected chi connectivity index (χ2v) is 8.63. The minimum atomic E-state index is -0.688. The lowest BCUT2D eigenvalue weighted by Crippen LogP contribution is -2.35. The van der Waals surface area contributed by atoms with Gasteiger partial charge in [0, 0.05) is 89.4 Å². The van der Waals surface area contributed by atoms with Crippen molar-refractivity contribution in [3.63, 3.8) is 0 Å². The SMILES string of the molecule is Cn1ccnc1CCN1CC2CN(Cc3ccncc3)CC2(CCC(=O)O)C1.O=CO.O=CO. The zero-order chi connectivity index (χ0) is 25.0. The van der Waals surface area contributed by atoms with Gasteiger partial charge in [-0.2, -0.15) is 0 Å². The number of carboxylic acids is 1. The fraction of sp³-hybridized carbons (Fsp3) is 0.522. The lowest BCUT2D eigenvalue weighted by Gasteiger charge is -2.29. The molecule has 4 rings (SSSR count). The lowest BCUT2D eigenvalue weighted by atomic mass is 9.77. The topological polar surface area (TPSA) is 149 Å². The quantitative estimate of drug-likeness (QED) is 0.473. The van der Waals surface area contributed by atoms with Gasteiger partial charge in [0.25, 0.3) is 12.9 Å². The van der Waals surface area contributed by atoms with E-state index in [1.807, 2.05) is 31.8 Å². The summed E-state index contributed by atoms with van der Waals surface area (Å²) in [6.45, 7) is 5.47. The van der Waals surface area contributed by atoms with Crippen molar-refractivity contribution < 1.29 is 29.7 Å². The summed E-state index contributed by atoms with van der Waals surface area (Å²) in [5.74, 6) is 0.957. The van der Waals surface area contributed by atoms with E-state index in [0.717, 1.165) is 57.9 Å². The molecule has 34 heavy (non-hydrogen) atoms. The van der Waals surface area contributed by atoms with Crippen LogP contribution < -0.4 is 0 Å². The minimum absolute atomic E-state index is 0.0903. The van der Waals surface area contributed by atoms with E-state index >= 15 is 0 Å². The fourth-order valence-corrected chi connectivity index (χ4v) is 5.05. The van der Waals surface area contributed by atoms with Gasteiger partial charge in [-0.3, -0.25) is 24.3 Å². The molecular formula is C23H33N5O6. The van der Waals surface area contributed by atoms with Gasteiger partial charge in [-0.05, 0) is 30.0 Å². The van der Waals surface area contributed by atoms with Crippen LogP contribution in [0.4, 0.5) is 0 Å². The number of aryl methyl sites for hydroxylation is 1. The fourth-order valence-electron chi connectivity index (χ4n) is 5.05. The maximum atomic E-state index is 11.3. The zero-order valence-corrected chi connectivity index (χ0v) is 19.4. The van der Waals surface area contributed by atoms with Gasteiger partial charge in [0.15, 0.2) is 0 Å². The molecule has 0 spiro atoms. The number of hydrogen-bond acceptors (Lipinski definition) is 7. The maximum absolute atomic E-state index is 11.3. The van der Waals surface area contributed by atoms with Crippen molar-refractivity contribution in [2.75, 3.05) is 32.7 Å². The van der Waals surface area contributed by atoms with E-state index in [9.17, 15) is 9.90 Å². The molecule has 0 radical (unpaired) electrons. The summed E-state index contributed by atoms with van der Waals surface area (Å²) in [7, 11) is 2.03. The number of aromatic nitrogens is 3. The first kappa shape index (κ1) is 26.9. The Kier molecular flexibility index (Phi) is 10.6. The van der Waals surface area contributed by atoms with E-state index in [1.54, 1.807) is 0 Å². The maximum Gasteiger partial charge on any atom is 0.303 e. The Bertz CT molecular complexity index is 902. The second kappa shape index (κ2) is 13.4. The molecule has 11 nitrogen and oxygen atoms in total. The molecular weight excluding hydrogens is 442 g/mol. The van der Waals surface area contributed by atoms with E-state index in [0.29, 0.717) is 5.92 Å². The molecule has 2 aromatic heterocycles. The van der Waals surface area contributed by atoms with E-state index in [4.69, 9.17) is 19.8 Å². The average molecular weight is 476 g/mol. The summed E-state index contributed by atoms with van der Waals surface area (Å²) < 4.78 is 2.08. The molecule has 0 aromatic carbocycles. The summed E-state index contributed by atoms with van der Waals surface area (Å²) in [6.07, 6.45) is 9.47. The normalized spacial score (nSPS) is 21.5. The average Bonchev–Trinajstić information content (AvgIpc) is 3.45.